The van der Waals surface area contributed by atoms with Crippen LogP contribution >= 0.6 is 0 Å². The quantitative estimate of drug-likeness (QED) is 0.576. The van der Waals surface area contributed by atoms with Gasteiger partial charge in [0.25, 0.3) is 0 Å². The molecule has 3 aromatic carbocycles. The molecule has 0 amide bonds. The van der Waals surface area contributed by atoms with Crippen LogP contribution in [0.15, 0.2) is 71.8 Å². The highest BCUT2D eigenvalue weighted by atomic mass is 15.4. The largest absolute Gasteiger partial charge is 0.303 e. The first-order chi connectivity index (χ1) is 11.4. The molecule has 0 bridgehead atoms. The Kier molecular flexibility index (Phi) is 2.52. The second kappa shape index (κ2) is 4.68. The van der Waals surface area contributed by atoms with Crippen LogP contribution in [0.2, 0.25) is 0 Å². The molecule has 2 heterocycles. The van der Waals surface area contributed by atoms with Gasteiger partial charge in [0.15, 0.2) is 0 Å². The maximum absolute atomic E-state index is 4.75. The summed E-state index contributed by atoms with van der Waals surface area (Å²) in [5.41, 5.74) is 7.41. The van der Waals surface area contributed by atoms with E-state index in [1.807, 2.05) is 18.2 Å². The molecule has 110 valence electrons. The third kappa shape index (κ3) is 1.85. The molecule has 1 aliphatic heterocycles. The Morgan fingerprint density at radius 2 is 1.70 bits per heavy atom. The molecule has 1 aromatic heterocycles. The summed E-state index contributed by atoms with van der Waals surface area (Å²) in [6, 6.07) is 22.9. The van der Waals surface area contributed by atoms with E-state index < -0.39 is 0 Å². The van der Waals surface area contributed by atoms with Crippen LogP contribution in [0.5, 0.6) is 0 Å². The molecule has 4 heteroatoms. The van der Waals surface area contributed by atoms with E-state index >= 15 is 0 Å². The van der Waals surface area contributed by atoms with E-state index in [4.69, 9.17) is 4.98 Å². The number of hydrazone groups is 1. The molecule has 0 aliphatic carbocycles. The van der Waals surface area contributed by atoms with Crippen LogP contribution < -0.4 is 5.43 Å². The molecular weight excluding hydrogens is 284 g/mol. The zero-order valence-corrected chi connectivity index (χ0v) is 12.4. The standard InChI is InChI=1S/C19H14N4/c1-2-7-14(8-3-1)16-12-23-17-11-10-13-6-4-5-9-15(13)18(17)20-19(23)22-21-16/h1-11H,12H2,(H,20,22). The van der Waals surface area contributed by atoms with Gasteiger partial charge in [0.1, 0.15) is 0 Å². The highest BCUT2D eigenvalue weighted by molar-refractivity contribution is 6.07. The summed E-state index contributed by atoms with van der Waals surface area (Å²) in [5, 5.41) is 6.88. The van der Waals surface area contributed by atoms with Crippen LogP contribution in [0.3, 0.4) is 0 Å². The number of benzene rings is 3. The van der Waals surface area contributed by atoms with Gasteiger partial charge in [-0.3, -0.25) is 0 Å². The average Bonchev–Trinajstić information content (AvgIpc) is 3.01. The number of fused-ring (bicyclic) bond motifs is 5. The molecule has 23 heavy (non-hydrogen) atoms. The summed E-state index contributed by atoms with van der Waals surface area (Å²) in [6.45, 7) is 0.723. The van der Waals surface area contributed by atoms with Crippen molar-refractivity contribution in [3.05, 3.63) is 72.3 Å². The van der Waals surface area contributed by atoms with E-state index in [1.54, 1.807) is 0 Å². The fourth-order valence-corrected chi connectivity index (χ4v) is 3.19. The van der Waals surface area contributed by atoms with Gasteiger partial charge in [0, 0.05) is 5.39 Å². The number of nitrogens with zero attached hydrogens (tertiary/aromatic N) is 3. The summed E-state index contributed by atoms with van der Waals surface area (Å²) < 4.78 is 2.19. The molecule has 1 aliphatic rings. The van der Waals surface area contributed by atoms with Crippen molar-refractivity contribution in [2.24, 2.45) is 5.10 Å². The molecule has 0 saturated carbocycles. The second-order valence-corrected chi connectivity index (χ2v) is 5.71. The van der Waals surface area contributed by atoms with E-state index in [1.165, 1.54) is 10.8 Å². The van der Waals surface area contributed by atoms with Crippen molar-refractivity contribution < 1.29 is 0 Å². The van der Waals surface area contributed by atoms with E-state index in [0.29, 0.717) is 0 Å². The normalized spacial score (nSPS) is 13.7. The van der Waals surface area contributed by atoms with Gasteiger partial charge in [-0.1, -0.05) is 60.7 Å². The molecule has 0 saturated heterocycles. The number of rotatable bonds is 1. The lowest BCUT2D eigenvalue weighted by Crippen LogP contribution is -2.20. The van der Waals surface area contributed by atoms with E-state index in [9.17, 15) is 0 Å². The summed E-state index contributed by atoms with van der Waals surface area (Å²) >= 11 is 0. The molecule has 0 fully saturated rings. The maximum atomic E-state index is 4.75. The zero-order chi connectivity index (χ0) is 15.2. The number of hydrogen-bond acceptors (Lipinski definition) is 3. The number of aromatic nitrogens is 2. The molecule has 0 spiro atoms. The van der Waals surface area contributed by atoms with Crippen molar-refractivity contribution in [3.8, 4) is 0 Å². The van der Waals surface area contributed by atoms with Gasteiger partial charge < -0.3 is 4.57 Å². The topological polar surface area (TPSA) is 42.2 Å². The van der Waals surface area contributed by atoms with Gasteiger partial charge in [-0.2, -0.15) is 5.10 Å². The monoisotopic (exact) mass is 298 g/mol. The number of hydrogen-bond donors (Lipinski definition) is 1. The SMILES string of the molecule is c1ccc(C2=NNc3nc4c5ccccc5ccc4n3C2)cc1. The minimum atomic E-state index is 0.723. The molecule has 1 N–H and O–H groups in total. The van der Waals surface area contributed by atoms with Crippen molar-refractivity contribution in [1.29, 1.82) is 0 Å². The van der Waals surface area contributed by atoms with Gasteiger partial charge in [-0.25, -0.2) is 10.4 Å². The zero-order valence-electron chi connectivity index (χ0n) is 12.4. The fraction of sp³-hybridized carbons (Fsp3) is 0.0526. The van der Waals surface area contributed by atoms with Gasteiger partial charge in [-0.15, -0.1) is 0 Å². The molecule has 0 unspecified atom stereocenters. The lowest BCUT2D eigenvalue weighted by molar-refractivity contribution is 0.853. The minimum absolute atomic E-state index is 0.723. The van der Waals surface area contributed by atoms with Crippen molar-refractivity contribution >= 4 is 33.5 Å². The Bertz CT molecular complexity index is 1060. The highest BCUT2D eigenvalue weighted by Crippen LogP contribution is 2.29. The summed E-state index contributed by atoms with van der Waals surface area (Å²) in [6.07, 6.45) is 0. The second-order valence-electron chi connectivity index (χ2n) is 5.71. The van der Waals surface area contributed by atoms with Crippen LogP contribution in [0.25, 0.3) is 21.8 Å². The minimum Gasteiger partial charge on any atom is -0.303 e. The van der Waals surface area contributed by atoms with Crippen molar-refractivity contribution in [3.63, 3.8) is 0 Å². The Hall–Kier alpha value is -3.14. The van der Waals surface area contributed by atoms with Gasteiger partial charge in [0.05, 0.1) is 23.3 Å². The number of nitrogens with one attached hydrogen (secondary N) is 1. The molecule has 5 rings (SSSR count). The van der Waals surface area contributed by atoms with Crippen LogP contribution in [0.1, 0.15) is 5.56 Å². The lowest BCUT2D eigenvalue weighted by Gasteiger charge is -2.16. The first kappa shape index (κ1) is 12.4. The van der Waals surface area contributed by atoms with Crippen molar-refractivity contribution in [2.75, 3.05) is 5.43 Å². The first-order valence-electron chi connectivity index (χ1n) is 7.66. The van der Waals surface area contributed by atoms with Crippen LogP contribution in [-0.4, -0.2) is 15.3 Å². The average molecular weight is 298 g/mol. The van der Waals surface area contributed by atoms with Gasteiger partial charge >= 0.3 is 0 Å². The third-order valence-electron chi connectivity index (χ3n) is 4.35. The molecule has 0 radical (unpaired) electrons. The van der Waals surface area contributed by atoms with Crippen molar-refractivity contribution in [1.82, 2.24) is 9.55 Å². The van der Waals surface area contributed by atoms with Crippen LogP contribution in [0.4, 0.5) is 5.95 Å². The van der Waals surface area contributed by atoms with E-state index in [2.05, 4.69) is 63.6 Å². The number of anilines is 1. The van der Waals surface area contributed by atoms with Crippen LogP contribution in [-0.2, 0) is 6.54 Å². The summed E-state index contributed by atoms with van der Waals surface area (Å²) in [7, 11) is 0. The van der Waals surface area contributed by atoms with Crippen LogP contribution in [0, 0.1) is 0 Å². The number of imidazole rings is 1. The summed E-state index contributed by atoms with van der Waals surface area (Å²) in [5.74, 6) is 0.802. The smallest absolute Gasteiger partial charge is 0.225 e. The highest BCUT2D eigenvalue weighted by Gasteiger charge is 2.18. The predicted molar refractivity (Wildman–Crippen MR) is 93.8 cm³/mol. The first-order valence-corrected chi connectivity index (χ1v) is 7.66. The van der Waals surface area contributed by atoms with Gasteiger partial charge in [-0.05, 0) is 17.0 Å². The van der Waals surface area contributed by atoms with E-state index in [-0.39, 0.29) is 0 Å². The molecule has 0 atom stereocenters. The third-order valence-corrected chi connectivity index (χ3v) is 4.35. The maximum Gasteiger partial charge on any atom is 0.225 e. The predicted octanol–water partition coefficient (Wildman–Crippen LogP) is 4.02. The van der Waals surface area contributed by atoms with Gasteiger partial charge in [0.2, 0.25) is 5.95 Å². The molecular formula is C19H14N4. The Balaban J connectivity index is 1.68. The summed E-state index contributed by atoms with van der Waals surface area (Å²) in [4.78, 5) is 4.75. The Morgan fingerprint density at radius 1 is 0.870 bits per heavy atom. The Labute approximate surface area is 133 Å². The lowest BCUT2D eigenvalue weighted by atomic mass is 10.1. The molecule has 4 aromatic rings. The van der Waals surface area contributed by atoms with Crippen molar-refractivity contribution in [2.45, 2.75) is 6.54 Å². The Morgan fingerprint density at radius 3 is 2.61 bits per heavy atom. The fourth-order valence-electron chi connectivity index (χ4n) is 3.19. The molecule has 4 nitrogen and oxygen atoms in total. The van der Waals surface area contributed by atoms with E-state index in [0.717, 1.165) is 34.8 Å².